The molecule has 0 saturated heterocycles. The fourth-order valence-electron chi connectivity index (χ4n) is 2.81. The number of carboxylic acids is 2. The van der Waals surface area contributed by atoms with Crippen LogP contribution in [0.15, 0.2) is 60.7 Å². The highest BCUT2D eigenvalue weighted by Gasteiger charge is 2.14. The van der Waals surface area contributed by atoms with E-state index in [1.165, 1.54) is 12.1 Å². The minimum atomic E-state index is -0.993. The van der Waals surface area contributed by atoms with Gasteiger partial charge < -0.3 is 14.8 Å². The highest BCUT2D eigenvalue weighted by molar-refractivity contribution is 6.30. The summed E-state index contributed by atoms with van der Waals surface area (Å²) in [6.45, 7) is 0. The predicted molar refractivity (Wildman–Crippen MR) is 99.1 cm³/mol. The van der Waals surface area contributed by atoms with Crippen molar-refractivity contribution >= 4 is 23.5 Å². The summed E-state index contributed by atoms with van der Waals surface area (Å²) in [6, 6.07) is 17.7. The number of carboxylic acid groups (broad SMARTS) is 2. The third-order valence-electron chi connectivity index (χ3n) is 4.07. The summed E-state index contributed by atoms with van der Waals surface area (Å²) in [5.74, 6) is -1.86. The van der Waals surface area contributed by atoms with Crippen LogP contribution in [0.4, 0.5) is 0 Å². The third kappa shape index (κ3) is 3.78. The second-order valence-electron chi connectivity index (χ2n) is 5.80. The number of halogens is 1. The maximum atomic E-state index is 11.1. The number of aromatic nitrogens is 1. The first-order valence-corrected chi connectivity index (χ1v) is 8.35. The first kappa shape index (κ1) is 17.8. The van der Waals surface area contributed by atoms with Crippen LogP contribution in [0.1, 0.15) is 22.5 Å². The molecule has 132 valence electrons. The van der Waals surface area contributed by atoms with Gasteiger partial charge in [-0.05, 0) is 60.5 Å². The average Bonchev–Trinajstić information content (AvgIpc) is 3.04. The highest BCUT2D eigenvalue weighted by Crippen LogP contribution is 2.28. The number of aryl methyl sites for hydroxylation is 1. The summed E-state index contributed by atoms with van der Waals surface area (Å²) in [5, 5.41) is 18.7. The van der Waals surface area contributed by atoms with Crippen LogP contribution in [0.3, 0.4) is 0 Å². The predicted octanol–water partition coefficient (Wildman–Crippen LogP) is 4.51. The smallest absolute Gasteiger partial charge is 0.335 e. The average molecular weight is 370 g/mol. The van der Waals surface area contributed by atoms with Gasteiger partial charge in [-0.1, -0.05) is 23.7 Å². The molecule has 0 saturated carbocycles. The Morgan fingerprint density at radius 2 is 1.54 bits per heavy atom. The van der Waals surface area contributed by atoms with E-state index in [1.807, 2.05) is 28.8 Å². The Balaban J connectivity index is 2.09. The number of aromatic carboxylic acids is 1. The molecule has 0 aliphatic carbocycles. The molecule has 0 fully saturated rings. The van der Waals surface area contributed by atoms with Crippen molar-refractivity contribution in [2.24, 2.45) is 0 Å². The van der Waals surface area contributed by atoms with Crippen molar-refractivity contribution in [3.63, 3.8) is 0 Å². The quantitative estimate of drug-likeness (QED) is 0.669. The van der Waals surface area contributed by atoms with Crippen LogP contribution in [0, 0.1) is 0 Å². The summed E-state index contributed by atoms with van der Waals surface area (Å²) in [6.07, 6.45) is 0.376. The molecule has 5 nitrogen and oxygen atoms in total. The van der Waals surface area contributed by atoms with E-state index in [1.54, 1.807) is 24.3 Å². The van der Waals surface area contributed by atoms with Gasteiger partial charge in [0.1, 0.15) is 0 Å². The second-order valence-corrected chi connectivity index (χ2v) is 6.23. The zero-order chi connectivity index (χ0) is 18.7. The van der Waals surface area contributed by atoms with Crippen molar-refractivity contribution in [1.82, 2.24) is 4.57 Å². The molecule has 1 aromatic heterocycles. The van der Waals surface area contributed by atoms with E-state index in [0.717, 1.165) is 22.6 Å². The Labute approximate surface area is 155 Å². The number of benzene rings is 2. The lowest BCUT2D eigenvalue weighted by atomic mass is 10.1. The largest absolute Gasteiger partial charge is 0.481 e. The van der Waals surface area contributed by atoms with Crippen LogP contribution in [0.25, 0.3) is 16.9 Å². The molecule has 0 unspecified atom stereocenters. The highest BCUT2D eigenvalue weighted by atomic mass is 35.5. The fourth-order valence-corrected chi connectivity index (χ4v) is 2.94. The summed E-state index contributed by atoms with van der Waals surface area (Å²) < 4.78 is 1.94. The number of nitrogens with zero attached hydrogens (tertiary/aromatic N) is 1. The molecule has 6 heteroatoms. The summed E-state index contributed by atoms with van der Waals surface area (Å²) in [5.41, 5.74) is 3.61. The van der Waals surface area contributed by atoms with E-state index in [4.69, 9.17) is 21.8 Å². The minimum absolute atomic E-state index is 0.0112. The molecule has 0 bridgehead atoms. The molecule has 2 N–H and O–H groups in total. The molecule has 0 aliphatic heterocycles. The van der Waals surface area contributed by atoms with E-state index in [-0.39, 0.29) is 12.0 Å². The van der Waals surface area contributed by atoms with E-state index in [9.17, 15) is 9.59 Å². The Kier molecular flexibility index (Phi) is 5.09. The van der Waals surface area contributed by atoms with E-state index < -0.39 is 11.9 Å². The lowest BCUT2D eigenvalue weighted by molar-refractivity contribution is -0.136. The van der Waals surface area contributed by atoms with Crippen molar-refractivity contribution in [3.8, 4) is 16.9 Å². The molecule has 0 atom stereocenters. The van der Waals surface area contributed by atoms with Gasteiger partial charge >= 0.3 is 11.9 Å². The third-order valence-corrected chi connectivity index (χ3v) is 4.32. The number of hydrogen-bond acceptors (Lipinski definition) is 2. The van der Waals surface area contributed by atoms with Crippen molar-refractivity contribution in [2.45, 2.75) is 12.8 Å². The van der Waals surface area contributed by atoms with E-state index in [0.29, 0.717) is 11.4 Å². The van der Waals surface area contributed by atoms with Gasteiger partial charge in [0.15, 0.2) is 0 Å². The van der Waals surface area contributed by atoms with Gasteiger partial charge in [0.05, 0.1) is 17.7 Å². The Bertz CT molecular complexity index is 943. The number of hydrogen-bond donors (Lipinski definition) is 2. The molecule has 26 heavy (non-hydrogen) atoms. The lowest BCUT2D eigenvalue weighted by Crippen LogP contribution is -2.06. The molecule has 0 spiro atoms. The Hall–Kier alpha value is -3.05. The minimum Gasteiger partial charge on any atom is -0.481 e. The van der Waals surface area contributed by atoms with Gasteiger partial charge in [-0.25, -0.2) is 4.79 Å². The Morgan fingerprint density at radius 3 is 2.12 bits per heavy atom. The van der Waals surface area contributed by atoms with Crippen LogP contribution in [0.2, 0.25) is 5.02 Å². The van der Waals surface area contributed by atoms with Gasteiger partial charge in [0.25, 0.3) is 0 Å². The molecule has 2 aromatic carbocycles. The second kappa shape index (κ2) is 7.45. The van der Waals surface area contributed by atoms with Gasteiger partial charge in [-0.3, -0.25) is 4.79 Å². The van der Waals surface area contributed by atoms with E-state index >= 15 is 0 Å². The van der Waals surface area contributed by atoms with Crippen LogP contribution in [-0.2, 0) is 11.2 Å². The maximum absolute atomic E-state index is 11.1. The fraction of sp³-hybridized carbons (Fsp3) is 0.100. The first-order valence-electron chi connectivity index (χ1n) is 7.98. The molecule has 3 aromatic rings. The standard InChI is InChI=1S/C20H16ClNO4/c21-15-5-1-13(2-6-15)18-11-9-17(10-12-19(23)24)22(18)16-7-3-14(4-8-16)20(25)26/h1-9,11H,10,12H2,(H,23,24)(H,25,26). The monoisotopic (exact) mass is 369 g/mol. The van der Waals surface area contributed by atoms with Gasteiger partial charge in [0, 0.05) is 16.4 Å². The number of aliphatic carboxylic acids is 1. The van der Waals surface area contributed by atoms with Gasteiger partial charge in [-0.15, -0.1) is 0 Å². The van der Waals surface area contributed by atoms with Crippen LogP contribution in [-0.4, -0.2) is 26.7 Å². The maximum Gasteiger partial charge on any atom is 0.335 e. The lowest BCUT2D eigenvalue weighted by Gasteiger charge is -2.14. The van der Waals surface area contributed by atoms with Crippen molar-refractivity contribution in [2.75, 3.05) is 0 Å². The van der Waals surface area contributed by atoms with Crippen LogP contribution >= 0.6 is 11.6 Å². The van der Waals surface area contributed by atoms with Gasteiger partial charge in [0.2, 0.25) is 0 Å². The molecule has 3 rings (SSSR count). The summed E-state index contributed by atoms with van der Waals surface area (Å²) in [7, 11) is 0. The number of carbonyl (C=O) groups is 2. The van der Waals surface area contributed by atoms with Gasteiger partial charge in [-0.2, -0.15) is 0 Å². The zero-order valence-corrected chi connectivity index (χ0v) is 14.5. The molecule has 1 heterocycles. The molecular formula is C20H16ClNO4. The summed E-state index contributed by atoms with van der Waals surface area (Å²) in [4.78, 5) is 22.0. The molecule has 0 aliphatic rings. The Morgan fingerprint density at radius 1 is 0.885 bits per heavy atom. The number of rotatable bonds is 6. The molecule has 0 radical (unpaired) electrons. The first-order chi connectivity index (χ1) is 12.5. The van der Waals surface area contributed by atoms with Crippen molar-refractivity contribution in [3.05, 3.63) is 76.9 Å². The topological polar surface area (TPSA) is 79.5 Å². The zero-order valence-electron chi connectivity index (χ0n) is 13.7. The summed E-state index contributed by atoms with van der Waals surface area (Å²) >= 11 is 5.97. The van der Waals surface area contributed by atoms with Crippen molar-refractivity contribution in [1.29, 1.82) is 0 Å². The molecule has 0 amide bonds. The molecular weight excluding hydrogens is 354 g/mol. The van der Waals surface area contributed by atoms with Crippen LogP contribution in [0.5, 0.6) is 0 Å². The van der Waals surface area contributed by atoms with Crippen molar-refractivity contribution < 1.29 is 19.8 Å². The SMILES string of the molecule is O=C(O)CCc1ccc(-c2ccc(Cl)cc2)n1-c1ccc(C(=O)O)cc1. The van der Waals surface area contributed by atoms with Crippen LogP contribution < -0.4 is 0 Å². The normalized spacial score (nSPS) is 10.7. The van der Waals surface area contributed by atoms with E-state index in [2.05, 4.69) is 0 Å².